The number of hydrogen-bond acceptors (Lipinski definition) is 3. The lowest BCUT2D eigenvalue weighted by molar-refractivity contribution is 0.147. The summed E-state index contributed by atoms with van der Waals surface area (Å²) in [5.74, 6) is -1.18. The van der Waals surface area contributed by atoms with Crippen LogP contribution in [0.3, 0.4) is 0 Å². The van der Waals surface area contributed by atoms with Gasteiger partial charge in [-0.1, -0.05) is 0 Å². The van der Waals surface area contributed by atoms with Gasteiger partial charge in [-0.2, -0.15) is 4.39 Å². The molecule has 0 aliphatic heterocycles. The fourth-order valence-electron chi connectivity index (χ4n) is 0.834. The summed E-state index contributed by atoms with van der Waals surface area (Å²) in [6, 6.07) is 0.358. The average molecular weight is 226 g/mol. The van der Waals surface area contributed by atoms with E-state index >= 15 is 0 Å². The third-order valence-corrected chi connectivity index (χ3v) is 2.37. The zero-order chi connectivity index (χ0) is 10.9. The highest BCUT2D eigenvalue weighted by Gasteiger charge is 2.21. The molecular weight excluding hydrogens is 221 g/mol. The van der Waals surface area contributed by atoms with Gasteiger partial charge in [0.25, 0.3) is 6.43 Å². The minimum atomic E-state index is -4.36. The van der Waals surface area contributed by atoms with Gasteiger partial charge in [0.1, 0.15) is 0 Å². The maximum absolute atomic E-state index is 12.5. The van der Waals surface area contributed by atoms with Crippen molar-refractivity contribution in [2.45, 2.75) is 11.3 Å². The van der Waals surface area contributed by atoms with Crippen LogP contribution in [-0.2, 0) is 10.0 Å². The molecule has 0 aliphatic carbocycles. The molecule has 1 heterocycles. The van der Waals surface area contributed by atoms with Gasteiger partial charge >= 0.3 is 0 Å². The summed E-state index contributed by atoms with van der Waals surface area (Å²) in [5.41, 5.74) is -0.908. The van der Waals surface area contributed by atoms with Gasteiger partial charge in [-0.05, 0) is 0 Å². The van der Waals surface area contributed by atoms with Crippen LogP contribution in [0.1, 0.15) is 12.0 Å². The number of nitrogens with zero attached hydrogens (tertiary/aromatic N) is 1. The summed E-state index contributed by atoms with van der Waals surface area (Å²) in [6.45, 7) is 0. The Morgan fingerprint density at radius 3 is 2.43 bits per heavy atom. The highest BCUT2D eigenvalue weighted by molar-refractivity contribution is 7.89. The predicted molar refractivity (Wildman–Crippen MR) is 40.5 cm³/mol. The Hall–Kier alpha value is -1.15. The fourth-order valence-corrected chi connectivity index (χ4v) is 1.57. The van der Waals surface area contributed by atoms with Gasteiger partial charge in [0.2, 0.25) is 16.0 Å². The minimum absolute atomic E-state index is 0.358. The molecule has 0 spiro atoms. The molecule has 0 aliphatic rings. The quantitative estimate of drug-likeness (QED) is 0.758. The largest absolute Gasteiger partial charge is 0.266 e. The molecule has 0 bridgehead atoms. The first-order chi connectivity index (χ1) is 6.32. The van der Waals surface area contributed by atoms with Gasteiger partial charge in [0, 0.05) is 12.3 Å². The van der Waals surface area contributed by atoms with E-state index in [1.165, 1.54) is 0 Å². The summed E-state index contributed by atoms with van der Waals surface area (Å²) in [4.78, 5) is 1.96. The SMILES string of the molecule is NS(=O)(=O)c1cc(F)ncc1C(F)F. The van der Waals surface area contributed by atoms with Crippen molar-refractivity contribution in [2.75, 3.05) is 0 Å². The van der Waals surface area contributed by atoms with E-state index in [4.69, 9.17) is 0 Å². The van der Waals surface area contributed by atoms with E-state index in [1.807, 2.05) is 0 Å². The summed E-state index contributed by atoms with van der Waals surface area (Å²) in [6.07, 6.45) is -2.63. The van der Waals surface area contributed by atoms with Gasteiger partial charge in [0.05, 0.1) is 10.5 Å². The van der Waals surface area contributed by atoms with Crippen LogP contribution in [0.5, 0.6) is 0 Å². The van der Waals surface area contributed by atoms with Crippen LogP contribution in [0.4, 0.5) is 13.2 Å². The lowest BCUT2D eigenvalue weighted by Gasteiger charge is -2.05. The molecule has 0 saturated heterocycles. The monoisotopic (exact) mass is 226 g/mol. The van der Waals surface area contributed by atoms with Crippen molar-refractivity contribution in [3.05, 3.63) is 23.8 Å². The maximum atomic E-state index is 12.5. The molecule has 78 valence electrons. The number of aromatic nitrogens is 1. The summed E-state index contributed by atoms with van der Waals surface area (Å²) >= 11 is 0. The van der Waals surface area contributed by atoms with Crippen LogP contribution < -0.4 is 5.14 Å². The van der Waals surface area contributed by atoms with Crippen molar-refractivity contribution in [2.24, 2.45) is 5.14 Å². The number of alkyl halides is 2. The molecule has 1 rings (SSSR count). The molecule has 1 aromatic heterocycles. The molecule has 0 amide bonds. The van der Waals surface area contributed by atoms with Crippen LogP contribution in [0, 0.1) is 5.95 Å². The zero-order valence-electron chi connectivity index (χ0n) is 6.62. The number of hydrogen-bond donors (Lipinski definition) is 1. The normalized spacial score (nSPS) is 12.1. The number of primary sulfonamides is 1. The second-order valence-corrected chi connectivity index (χ2v) is 3.92. The lowest BCUT2D eigenvalue weighted by atomic mass is 10.3. The molecule has 0 aromatic carbocycles. The molecular formula is C6H5F3N2O2S. The Kier molecular flexibility index (Phi) is 2.76. The Balaban J connectivity index is 3.46. The summed E-state index contributed by atoms with van der Waals surface area (Å²) in [5, 5.41) is 4.61. The topological polar surface area (TPSA) is 73.1 Å². The highest BCUT2D eigenvalue weighted by Crippen LogP contribution is 2.24. The highest BCUT2D eigenvalue weighted by atomic mass is 32.2. The number of pyridine rings is 1. The van der Waals surface area contributed by atoms with Crippen molar-refractivity contribution in [1.29, 1.82) is 0 Å². The number of sulfonamides is 1. The zero-order valence-corrected chi connectivity index (χ0v) is 7.43. The fraction of sp³-hybridized carbons (Fsp3) is 0.167. The molecule has 0 saturated carbocycles. The Labute approximate surface area is 77.6 Å². The molecule has 1 aromatic rings. The van der Waals surface area contributed by atoms with Crippen molar-refractivity contribution < 1.29 is 21.6 Å². The first-order valence-corrected chi connectivity index (χ1v) is 4.83. The first-order valence-electron chi connectivity index (χ1n) is 3.29. The number of halogens is 3. The van der Waals surface area contributed by atoms with Gasteiger partial charge in [0.15, 0.2) is 0 Å². The molecule has 0 atom stereocenters. The van der Waals surface area contributed by atoms with Crippen molar-refractivity contribution >= 4 is 10.0 Å². The molecule has 2 N–H and O–H groups in total. The number of rotatable bonds is 2. The number of nitrogens with two attached hydrogens (primary N) is 1. The Bertz CT molecular complexity index is 446. The summed E-state index contributed by atoms with van der Waals surface area (Å²) < 4.78 is 58.4. The van der Waals surface area contributed by atoms with E-state index in [0.29, 0.717) is 12.3 Å². The predicted octanol–water partition coefficient (Wildman–Crippen LogP) is 0.806. The molecule has 8 heteroatoms. The average Bonchev–Trinajstić information content (AvgIpc) is 2.01. The van der Waals surface area contributed by atoms with Crippen molar-refractivity contribution in [3.8, 4) is 0 Å². The van der Waals surface area contributed by atoms with Crippen molar-refractivity contribution in [1.82, 2.24) is 4.98 Å². The first kappa shape index (κ1) is 10.9. The standard InChI is InChI=1S/C6H5F3N2O2S/c7-5-1-4(14(10,12)13)3(2-11-5)6(8)9/h1-2,6H,(H2,10,12,13). The van der Waals surface area contributed by atoms with Crippen LogP contribution >= 0.6 is 0 Å². The van der Waals surface area contributed by atoms with E-state index in [2.05, 4.69) is 10.1 Å². The smallest absolute Gasteiger partial charge is 0.228 e. The lowest BCUT2D eigenvalue weighted by Crippen LogP contribution is -2.15. The van der Waals surface area contributed by atoms with Crippen LogP contribution in [-0.4, -0.2) is 13.4 Å². The minimum Gasteiger partial charge on any atom is -0.228 e. The van der Waals surface area contributed by atoms with Gasteiger partial charge in [-0.25, -0.2) is 27.3 Å². The molecule has 0 unspecified atom stereocenters. The third-order valence-electron chi connectivity index (χ3n) is 1.40. The molecule has 0 radical (unpaired) electrons. The van der Waals surface area contributed by atoms with E-state index in [-0.39, 0.29) is 0 Å². The van der Waals surface area contributed by atoms with Crippen LogP contribution in [0.2, 0.25) is 0 Å². The van der Waals surface area contributed by atoms with E-state index in [0.717, 1.165) is 0 Å². The van der Waals surface area contributed by atoms with Gasteiger partial charge < -0.3 is 0 Å². The second-order valence-electron chi connectivity index (χ2n) is 2.39. The summed E-state index contributed by atoms with van der Waals surface area (Å²) in [7, 11) is -4.36. The van der Waals surface area contributed by atoms with E-state index in [1.54, 1.807) is 0 Å². The molecule has 0 fully saturated rings. The second kappa shape index (κ2) is 3.54. The van der Waals surface area contributed by atoms with E-state index < -0.39 is 32.9 Å². The van der Waals surface area contributed by atoms with Gasteiger partial charge in [-0.15, -0.1) is 0 Å². The van der Waals surface area contributed by atoms with Crippen LogP contribution in [0.25, 0.3) is 0 Å². The Morgan fingerprint density at radius 1 is 1.43 bits per heavy atom. The van der Waals surface area contributed by atoms with Crippen molar-refractivity contribution in [3.63, 3.8) is 0 Å². The third kappa shape index (κ3) is 2.20. The van der Waals surface area contributed by atoms with Gasteiger partial charge in [-0.3, -0.25) is 0 Å². The van der Waals surface area contributed by atoms with Crippen LogP contribution in [0.15, 0.2) is 17.2 Å². The Morgan fingerprint density at radius 2 is 2.00 bits per heavy atom. The molecule has 4 nitrogen and oxygen atoms in total. The van der Waals surface area contributed by atoms with E-state index in [9.17, 15) is 21.6 Å². The molecule has 14 heavy (non-hydrogen) atoms. The maximum Gasteiger partial charge on any atom is 0.266 e.